The van der Waals surface area contributed by atoms with E-state index in [0.717, 1.165) is 23.4 Å². The van der Waals surface area contributed by atoms with E-state index in [9.17, 15) is 13.2 Å². The molecule has 3 aromatic rings. The van der Waals surface area contributed by atoms with Crippen LogP contribution in [0, 0.1) is 0 Å². The van der Waals surface area contributed by atoms with Crippen LogP contribution < -0.4 is 19.7 Å². The van der Waals surface area contributed by atoms with Gasteiger partial charge < -0.3 is 19.7 Å². The van der Waals surface area contributed by atoms with Crippen LogP contribution in [0.5, 0.6) is 11.5 Å². The summed E-state index contributed by atoms with van der Waals surface area (Å²) in [5, 5.41) is 3.21. The lowest BCUT2D eigenvalue weighted by Gasteiger charge is -2.19. The first-order chi connectivity index (χ1) is 14.4. The summed E-state index contributed by atoms with van der Waals surface area (Å²) in [4.78, 5) is 6.47. The van der Waals surface area contributed by atoms with Crippen molar-refractivity contribution in [2.75, 3.05) is 31.1 Å². The maximum Gasteiger partial charge on any atom is 0.416 e. The third-order valence-corrected chi connectivity index (χ3v) is 4.95. The summed E-state index contributed by atoms with van der Waals surface area (Å²) < 4.78 is 49.9. The van der Waals surface area contributed by atoms with Crippen LogP contribution >= 0.6 is 0 Å². The van der Waals surface area contributed by atoms with E-state index in [1.165, 1.54) is 6.07 Å². The standard InChI is InChI=1S/C22H20F3N3O2/c1-29-18-6-14(7-19(10-18)30-2)12-28-13-27-21-20(28)9-16(11-26-21)15-4-3-5-17(8-15)22(23,24)25/h3-11H,12-13H2,1-2H3,(H,26,27). The normalized spacial score (nSPS) is 13.0. The maximum atomic E-state index is 13.1. The second-order valence-corrected chi connectivity index (χ2v) is 6.92. The fraction of sp³-hybridized carbons (Fsp3) is 0.227. The highest BCUT2D eigenvalue weighted by Crippen LogP contribution is 2.37. The first kappa shape index (κ1) is 19.9. The molecule has 0 saturated heterocycles. The third kappa shape index (κ3) is 3.98. The second-order valence-electron chi connectivity index (χ2n) is 6.92. The van der Waals surface area contributed by atoms with Gasteiger partial charge in [-0.05, 0) is 41.5 Å². The van der Waals surface area contributed by atoms with E-state index >= 15 is 0 Å². The Morgan fingerprint density at radius 3 is 2.40 bits per heavy atom. The Morgan fingerprint density at radius 2 is 1.73 bits per heavy atom. The lowest BCUT2D eigenvalue weighted by molar-refractivity contribution is -0.137. The number of methoxy groups -OCH3 is 2. The maximum absolute atomic E-state index is 13.1. The summed E-state index contributed by atoms with van der Waals surface area (Å²) in [6.45, 7) is 1.09. The Morgan fingerprint density at radius 1 is 1.00 bits per heavy atom. The third-order valence-electron chi connectivity index (χ3n) is 4.95. The lowest BCUT2D eigenvalue weighted by atomic mass is 10.0. The van der Waals surface area contributed by atoms with E-state index in [2.05, 4.69) is 15.2 Å². The lowest BCUT2D eigenvalue weighted by Crippen LogP contribution is -2.22. The van der Waals surface area contributed by atoms with Crippen LogP contribution in [0.2, 0.25) is 0 Å². The van der Waals surface area contributed by atoms with Crippen LogP contribution in [0.4, 0.5) is 24.7 Å². The highest BCUT2D eigenvalue weighted by Gasteiger charge is 2.30. The van der Waals surface area contributed by atoms with Gasteiger partial charge in [0.05, 0.1) is 32.1 Å². The van der Waals surface area contributed by atoms with Crippen molar-refractivity contribution in [2.45, 2.75) is 12.7 Å². The fourth-order valence-corrected chi connectivity index (χ4v) is 3.44. The monoisotopic (exact) mass is 415 g/mol. The number of halogens is 3. The molecule has 0 bridgehead atoms. The van der Waals surface area contributed by atoms with E-state index in [1.807, 2.05) is 18.2 Å². The highest BCUT2D eigenvalue weighted by molar-refractivity contribution is 5.78. The number of aromatic nitrogens is 1. The molecule has 0 radical (unpaired) electrons. The largest absolute Gasteiger partial charge is 0.497 e. The minimum atomic E-state index is -4.39. The molecule has 1 N–H and O–H groups in total. The van der Waals surface area contributed by atoms with Gasteiger partial charge in [-0.2, -0.15) is 13.2 Å². The smallest absolute Gasteiger partial charge is 0.416 e. The molecule has 8 heteroatoms. The van der Waals surface area contributed by atoms with E-state index in [1.54, 1.807) is 32.5 Å². The summed E-state index contributed by atoms with van der Waals surface area (Å²) in [5.74, 6) is 2.07. The summed E-state index contributed by atoms with van der Waals surface area (Å²) in [6.07, 6.45) is -2.81. The number of nitrogens with one attached hydrogen (secondary N) is 1. The fourth-order valence-electron chi connectivity index (χ4n) is 3.44. The number of alkyl halides is 3. The molecule has 2 heterocycles. The number of pyridine rings is 1. The zero-order chi connectivity index (χ0) is 21.3. The molecule has 1 aliphatic heterocycles. The van der Waals surface area contributed by atoms with Crippen molar-refractivity contribution in [3.8, 4) is 22.6 Å². The molecule has 0 atom stereocenters. The average molecular weight is 415 g/mol. The molecule has 0 spiro atoms. The quantitative estimate of drug-likeness (QED) is 0.623. The topological polar surface area (TPSA) is 46.6 Å². The minimum Gasteiger partial charge on any atom is -0.497 e. The Balaban J connectivity index is 1.64. The second kappa shape index (κ2) is 7.78. The predicted octanol–water partition coefficient (Wildman–Crippen LogP) is 5.17. The molecule has 4 rings (SSSR count). The van der Waals surface area contributed by atoms with Crippen molar-refractivity contribution in [2.24, 2.45) is 0 Å². The number of ether oxygens (including phenoxy) is 2. The van der Waals surface area contributed by atoms with Gasteiger partial charge in [-0.3, -0.25) is 0 Å². The highest BCUT2D eigenvalue weighted by atomic mass is 19.4. The van der Waals surface area contributed by atoms with Crippen LogP contribution in [0.25, 0.3) is 11.1 Å². The van der Waals surface area contributed by atoms with Crippen LogP contribution in [0.3, 0.4) is 0 Å². The van der Waals surface area contributed by atoms with Crippen LogP contribution in [0.1, 0.15) is 11.1 Å². The van der Waals surface area contributed by atoms with Gasteiger partial charge in [-0.15, -0.1) is 0 Å². The number of anilines is 2. The van der Waals surface area contributed by atoms with E-state index in [0.29, 0.717) is 41.7 Å². The Bertz CT molecular complexity index is 1050. The number of hydrogen-bond donors (Lipinski definition) is 1. The van der Waals surface area contributed by atoms with E-state index in [4.69, 9.17) is 9.47 Å². The van der Waals surface area contributed by atoms with Gasteiger partial charge >= 0.3 is 6.18 Å². The molecule has 1 aromatic heterocycles. The van der Waals surface area contributed by atoms with Crippen LogP contribution in [0.15, 0.2) is 54.7 Å². The van der Waals surface area contributed by atoms with E-state index in [-0.39, 0.29) is 0 Å². The molecule has 0 amide bonds. The van der Waals surface area contributed by atoms with Crippen molar-refractivity contribution in [3.05, 3.63) is 65.9 Å². The molecule has 1 aliphatic rings. The number of benzene rings is 2. The zero-order valence-electron chi connectivity index (χ0n) is 16.5. The molecular formula is C22H20F3N3O2. The van der Waals surface area contributed by atoms with Gasteiger partial charge in [0.2, 0.25) is 0 Å². The van der Waals surface area contributed by atoms with Crippen LogP contribution in [-0.2, 0) is 12.7 Å². The van der Waals surface area contributed by atoms with Gasteiger partial charge in [0, 0.05) is 24.4 Å². The van der Waals surface area contributed by atoms with Crippen molar-refractivity contribution in [3.63, 3.8) is 0 Å². The molecule has 0 saturated carbocycles. The first-order valence-corrected chi connectivity index (χ1v) is 9.26. The Labute approximate surface area is 172 Å². The summed E-state index contributed by atoms with van der Waals surface area (Å²) >= 11 is 0. The van der Waals surface area contributed by atoms with Gasteiger partial charge in [-0.1, -0.05) is 12.1 Å². The summed E-state index contributed by atoms with van der Waals surface area (Å²) in [7, 11) is 3.19. The van der Waals surface area contributed by atoms with Gasteiger partial charge in [0.15, 0.2) is 5.82 Å². The molecule has 0 aliphatic carbocycles. The molecule has 30 heavy (non-hydrogen) atoms. The van der Waals surface area contributed by atoms with Crippen molar-refractivity contribution < 1.29 is 22.6 Å². The number of nitrogens with zero attached hydrogens (tertiary/aromatic N) is 2. The summed E-state index contributed by atoms with van der Waals surface area (Å²) in [6, 6.07) is 12.8. The Kier molecular flexibility index (Phi) is 5.15. The van der Waals surface area contributed by atoms with E-state index < -0.39 is 11.7 Å². The van der Waals surface area contributed by atoms with Crippen molar-refractivity contribution >= 4 is 11.5 Å². The SMILES string of the molecule is COc1cc(CN2CNc3ncc(-c4cccc(C(F)(F)F)c4)cc32)cc(OC)c1. The van der Waals surface area contributed by atoms with Gasteiger partial charge in [-0.25, -0.2) is 4.98 Å². The van der Waals surface area contributed by atoms with Gasteiger partial charge in [0.1, 0.15) is 11.5 Å². The number of hydrogen-bond acceptors (Lipinski definition) is 5. The van der Waals surface area contributed by atoms with Crippen molar-refractivity contribution in [1.29, 1.82) is 0 Å². The zero-order valence-corrected chi connectivity index (χ0v) is 16.5. The molecule has 0 fully saturated rings. The predicted molar refractivity (Wildman–Crippen MR) is 109 cm³/mol. The van der Waals surface area contributed by atoms with Crippen molar-refractivity contribution in [1.82, 2.24) is 4.98 Å². The minimum absolute atomic E-state index is 0.468. The van der Waals surface area contributed by atoms with Gasteiger partial charge in [0.25, 0.3) is 0 Å². The molecule has 5 nitrogen and oxygen atoms in total. The summed E-state index contributed by atoms with van der Waals surface area (Å²) in [5.41, 5.74) is 2.21. The average Bonchev–Trinajstić information content (AvgIpc) is 3.14. The molecular weight excluding hydrogens is 395 g/mol. The molecule has 156 valence electrons. The number of fused-ring (bicyclic) bond motifs is 1. The molecule has 0 unspecified atom stereocenters. The first-order valence-electron chi connectivity index (χ1n) is 9.26. The van der Waals surface area contributed by atoms with Crippen LogP contribution in [-0.4, -0.2) is 25.9 Å². The molecule has 2 aromatic carbocycles. The Hall–Kier alpha value is -3.42. The number of rotatable bonds is 5.